The molecule has 1 N–H and O–H groups in total. The number of nitrogens with one attached hydrogen (secondary N) is 1. The number of hydrogen-bond donors (Lipinski definition) is 1. The first-order chi connectivity index (χ1) is 8.82. The van der Waals surface area contributed by atoms with Crippen molar-refractivity contribution < 1.29 is 0 Å². The van der Waals surface area contributed by atoms with Crippen LogP contribution in [0, 0.1) is 19.8 Å². The Kier molecular flexibility index (Phi) is 5.80. The molecule has 0 amide bonds. The van der Waals surface area contributed by atoms with Crippen molar-refractivity contribution in [3.8, 4) is 0 Å². The van der Waals surface area contributed by atoms with E-state index in [0.29, 0.717) is 12.0 Å². The van der Waals surface area contributed by atoms with Gasteiger partial charge in [0.2, 0.25) is 0 Å². The highest BCUT2D eigenvalue weighted by Crippen LogP contribution is 2.23. The summed E-state index contributed by atoms with van der Waals surface area (Å²) >= 11 is 0. The van der Waals surface area contributed by atoms with Gasteiger partial charge in [0.05, 0.1) is 0 Å². The summed E-state index contributed by atoms with van der Waals surface area (Å²) in [6.07, 6.45) is 0. The number of pyridine rings is 1. The molecule has 0 aromatic carbocycles. The third-order valence-electron chi connectivity index (χ3n) is 3.42. The molecule has 0 atom stereocenters. The minimum absolute atomic E-state index is 0.456. The van der Waals surface area contributed by atoms with Gasteiger partial charge in [0.1, 0.15) is 5.82 Å². The van der Waals surface area contributed by atoms with E-state index in [1.165, 1.54) is 11.1 Å². The predicted octanol–water partition coefficient (Wildman–Crippen LogP) is 3.29. The number of aromatic nitrogens is 1. The number of nitrogens with zero attached hydrogens (tertiary/aromatic N) is 2. The van der Waals surface area contributed by atoms with E-state index >= 15 is 0 Å². The lowest BCUT2D eigenvalue weighted by Gasteiger charge is -2.27. The van der Waals surface area contributed by atoms with Crippen LogP contribution < -0.4 is 10.2 Å². The van der Waals surface area contributed by atoms with Crippen LogP contribution in [0.5, 0.6) is 0 Å². The van der Waals surface area contributed by atoms with Crippen LogP contribution in [-0.4, -0.2) is 24.6 Å². The molecular formula is C16H29N3. The van der Waals surface area contributed by atoms with E-state index in [1.54, 1.807) is 0 Å². The Morgan fingerprint density at radius 1 is 1.21 bits per heavy atom. The Bertz CT molecular complexity index is 411. The van der Waals surface area contributed by atoms with Gasteiger partial charge in [0.25, 0.3) is 0 Å². The minimum Gasteiger partial charge on any atom is -0.357 e. The summed E-state index contributed by atoms with van der Waals surface area (Å²) in [5.74, 6) is 1.79. The summed E-state index contributed by atoms with van der Waals surface area (Å²) in [6.45, 7) is 15.0. The van der Waals surface area contributed by atoms with Crippen LogP contribution in [0.25, 0.3) is 0 Å². The first-order valence-corrected chi connectivity index (χ1v) is 7.23. The maximum Gasteiger partial charge on any atom is 0.133 e. The summed E-state index contributed by atoms with van der Waals surface area (Å²) in [6, 6.07) is 2.63. The monoisotopic (exact) mass is 263 g/mol. The van der Waals surface area contributed by atoms with Crippen molar-refractivity contribution in [1.29, 1.82) is 0 Å². The van der Waals surface area contributed by atoms with E-state index in [2.05, 4.69) is 64.9 Å². The molecule has 1 aromatic heterocycles. The van der Waals surface area contributed by atoms with Crippen LogP contribution in [0.15, 0.2) is 6.07 Å². The van der Waals surface area contributed by atoms with E-state index in [0.717, 1.165) is 24.6 Å². The largest absolute Gasteiger partial charge is 0.357 e. The second-order valence-electron chi connectivity index (χ2n) is 6.11. The SMILES string of the molecule is Cc1cc(C)c(CNCC(C)C)c(N(C)C(C)C)n1. The molecule has 1 rings (SSSR count). The van der Waals surface area contributed by atoms with Crippen LogP contribution in [-0.2, 0) is 6.54 Å². The third kappa shape index (κ3) is 4.50. The Labute approximate surface area is 118 Å². The average molecular weight is 263 g/mol. The Balaban J connectivity index is 2.99. The maximum atomic E-state index is 4.74. The van der Waals surface area contributed by atoms with Gasteiger partial charge in [-0.25, -0.2) is 4.98 Å². The zero-order valence-corrected chi connectivity index (χ0v) is 13.5. The maximum absolute atomic E-state index is 4.74. The van der Waals surface area contributed by atoms with E-state index in [9.17, 15) is 0 Å². The molecule has 0 aliphatic rings. The Morgan fingerprint density at radius 2 is 1.84 bits per heavy atom. The molecule has 19 heavy (non-hydrogen) atoms. The van der Waals surface area contributed by atoms with E-state index < -0.39 is 0 Å². The van der Waals surface area contributed by atoms with Gasteiger partial charge in [0, 0.05) is 30.9 Å². The van der Waals surface area contributed by atoms with Crippen LogP contribution in [0.4, 0.5) is 5.82 Å². The number of aryl methyl sites for hydroxylation is 2. The van der Waals surface area contributed by atoms with Gasteiger partial charge >= 0.3 is 0 Å². The third-order valence-corrected chi connectivity index (χ3v) is 3.42. The molecule has 0 saturated heterocycles. The summed E-state index contributed by atoms with van der Waals surface area (Å²) in [5.41, 5.74) is 3.74. The van der Waals surface area contributed by atoms with Crippen LogP contribution >= 0.6 is 0 Å². The molecule has 0 bridgehead atoms. The minimum atomic E-state index is 0.456. The molecule has 0 saturated carbocycles. The normalized spacial score (nSPS) is 11.4. The number of anilines is 1. The lowest BCUT2D eigenvalue weighted by Crippen LogP contribution is -2.30. The first kappa shape index (κ1) is 16.0. The fourth-order valence-electron chi connectivity index (χ4n) is 2.08. The molecule has 0 aliphatic heterocycles. The lowest BCUT2D eigenvalue weighted by molar-refractivity contribution is 0.550. The summed E-state index contributed by atoms with van der Waals surface area (Å²) in [5, 5.41) is 3.53. The topological polar surface area (TPSA) is 28.2 Å². The van der Waals surface area contributed by atoms with Crippen molar-refractivity contribution in [2.45, 2.75) is 54.1 Å². The van der Waals surface area contributed by atoms with E-state index in [1.807, 2.05) is 0 Å². The highest BCUT2D eigenvalue weighted by Gasteiger charge is 2.14. The van der Waals surface area contributed by atoms with Crippen molar-refractivity contribution in [3.63, 3.8) is 0 Å². The molecule has 0 aliphatic carbocycles. The predicted molar refractivity (Wildman–Crippen MR) is 83.8 cm³/mol. The van der Waals surface area contributed by atoms with Crippen LogP contribution in [0.2, 0.25) is 0 Å². The van der Waals surface area contributed by atoms with Gasteiger partial charge < -0.3 is 10.2 Å². The number of hydrogen-bond acceptors (Lipinski definition) is 3. The standard InChI is InChI=1S/C16H29N3/c1-11(2)9-17-10-15-13(5)8-14(6)18-16(15)19(7)12(3)4/h8,11-12,17H,9-10H2,1-7H3. The molecule has 0 spiro atoms. The van der Waals surface area contributed by atoms with E-state index in [4.69, 9.17) is 4.98 Å². The van der Waals surface area contributed by atoms with Gasteiger partial charge in [-0.1, -0.05) is 13.8 Å². The molecule has 108 valence electrons. The molecule has 3 heteroatoms. The summed E-state index contributed by atoms with van der Waals surface area (Å²) in [7, 11) is 2.12. The van der Waals surface area contributed by atoms with Crippen LogP contribution in [0.1, 0.15) is 44.5 Å². The smallest absolute Gasteiger partial charge is 0.133 e. The Hall–Kier alpha value is -1.09. The average Bonchev–Trinajstić information content (AvgIpc) is 2.29. The lowest BCUT2D eigenvalue weighted by atomic mass is 10.1. The molecule has 3 nitrogen and oxygen atoms in total. The van der Waals surface area contributed by atoms with Gasteiger partial charge in [-0.2, -0.15) is 0 Å². The molecular weight excluding hydrogens is 234 g/mol. The molecule has 1 aromatic rings. The molecule has 0 unspecified atom stereocenters. The zero-order chi connectivity index (χ0) is 14.6. The van der Waals surface area contributed by atoms with Crippen LogP contribution in [0.3, 0.4) is 0 Å². The molecule has 0 fully saturated rings. The summed E-state index contributed by atoms with van der Waals surface area (Å²) < 4.78 is 0. The summed E-state index contributed by atoms with van der Waals surface area (Å²) in [4.78, 5) is 7.00. The van der Waals surface area contributed by atoms with Crippen molar-refractivity contribution in [2.24, 2.45) is 5.92 Å². The Morgan fingerprint density at radius 3 is 2.37 bits per heavy atom. The van der Waals surface area contributed by atoms with Crippen molar-refractivity contribution >= 4 is 5.82 Å². The van der Waals surface area contributed by atoms with Crippen molar-refractivity contribution in [1.82, 2.24) is 10.3 Å². The van der Waals surface area contributed by atoms with Crippen molar-refractivity contribution in [3.05, 3.63) is 22.9 Å². The van der Waals surface area contributed by atoms with Gasteiger partial charge in [-0.3, -0.25) is 0 Å². The zero-order valence-electron chi connectivity index (χ0n) is 13.5. The van der Waals surface area contributed by atoms with E-state index in [-0.39, 0.29) is 0 Å². The highest BCUT2D eigenvalue weighted by atomic mass is 15.2. The fraction of sp³-hybridized carbons (Fsp3) is 0.688. The van der Waals surface area contributed by atoms with Gasteiger partial charge in [-0.05, 0) is 51.8 Å². The second-order valence-corrected chi connectivity index (χ2v) is 6.11. The molecule has 0 radical (unpaired) electrons. The van der Waals surface area contributed by atoms with Gasteiger partial charge in [-0.15, -0.1) is 0 Å². The number of rotatable bonds is 6. The van der Waals surface area contributed by atoms with Gasteiger partial charge in [0.15, 0.2) is 0 Å². The van der Waals surface area contributed by atoms with Crippen molar-refractivity contribution in [2.75, 3.05) is 18.5 Å². The first-order valence-electron chi connectivity index (χ1n) is 7.23. The fourth-order valence-corrected chi connectivity index (χ4v) is 2.08. The molecule has 1 heterocycles. The second kappa shape index (κ2) is 6.90. The highest BCUT2D eigenvalue weighted by molar-refractivity contribution is 5.51. The quantitative estimate of drug-likeness (QED) is 0.853.